The van der Waals surface area contributed by atoms with Crippen LogP contribution in [-0.4, -0.2) is 33.7 Å². The van der Waals surface area contributed by atoms with Gasteiger partial charge in [-0.1, -0.05) is 11.8 Å². The molecule has 0 aromatic carbocycles. The maximum absolute atomic E-state index is 5.56. The summed E-state index contributed by atoms with van der Waals surface area (Å²) in [6, 6.07) is 0. The minimum Gasteiger partial charge on any atom is -0.379 e. The maximum atomic E-state index is 5.56. The third kappa shape index (κ3) is 7.81. The molecule has 0 amide bonds. The first kappa shape index (κ1) is 19.3. The molecule has 0 aliphatic carbocycles. The lowest BCUT2D eigenvalue weighted by molar-refractivity contribution is 1.13. The molecule has 1 heterocycles. The summed E-state index contributed by atoms with van der Waals surface area (Å²) in [7, 11) is 0. The number of thioether (sulfide) groups is 2. The van der Waals surface area contributed by atoms with Crippen molar-refractivity contribution < 1.29 is 0 Å². The number of hydrogen-bond acceptors (Lipinski definition) is 4. The van der Waals surface area contributed by atoms with Crippen molar-refractivity contribution in [2.75, 3.05) is 18.6 Å². The lowest BCUT2D eigenvalue weighted by Crippen LogP contribution is -2.06. The molecule has 1 aromatic heterocycles. The second-order valence-electron chi connectivity index (χ2n) is 2.95. The molecule has 8 heteroatoms. The molecule has 0 aliphatic heterocycles. The molecule has 0 spiro atoms. The highest BCUT2D eigenvalue weighted by Crippen LogP contribution is 2.12. The van der Waals surface area contributed by atoms with Crippen molar-refractivity contribution in [3.8, 4) is 0 Å². The van der Waals surface area contributed by atoms with Gasteiger partial charge in [0.2, 0.25) is 0 Å². The Labute approximate surface area is 123 Å². The molecule has 1 rings (SSSR count). The molecule has 17 heavy (non-hydrogen) atoms. The zero-order valence-electron chi connectivity index (χ0n) is 9.80. The average molecular weight is 317 g/mol. The number of halogens is 2. The van der Waals surface area contributed by atoms with Gasteiger partial charge in [0.15, 0.2) is 5.17 Å². The summed E-state index contributed by atoms with van der Waals surface area (Å²) in [5, 5.41) is 0.659. The zero-order valence-corrected chi connectivity index (χ0v) is 13.1. The molecular weight excluding hydrogens is 299 g/mol. The van der Waals surface area contributed by atoms with Crippen LogP contribution in [0.3, 0.4) is 0 Å². The van der Waals surface area contributed by atoms with Crippen LogP contribution in [0, 0.1) is 6.92 Å². The molecule has 100 valence electrons. The van der Waals surface area contributed by atoms with Crippen molar-refractivity contribution >= 4 is 53.5 Å². The first-order chi connectivity index (χ1) is 7.24. The normalized spacial score (nSPS) is 10.6. The first-order valence-electron chi connectivity index (χ1n) is 4.64. The smallest absolute Gasteiger partial charge is 0.153 e. The molecule has 3 N–H and O–H groups in total. The molecular formula is C9H18Cl2N4S2. The van der Waals surface area contributed by atoms with Crippen LogP contribution >= 0.6 is 48.3 Å². The van der Waals surface area contributed by atoms with E-state index in [1.807, 2.05) is 24.9 Å². The van der Waals surface area contributed by atoms with Crippen LogP contribution in [0.4, 0.5) is 0 Å². The van der Waals surface area contributed by atoms with E-state index in [9.17, 15) is 0 Å². The molecule has 1 aromatic rings. The Balaban J connectivity index is 0. The van der Waals surface area contributed by atoms with E-state index in [2.05, 4.69) is 15.0 Å². The van der Waals surface area contributed by atoms with Crippen LogP contribution < -0.4 is 5.73 Å². The number of amidine groups is 1. The zero-order chi connectivity index (χ0) is 11.1. The van der Waals surface area contributed by atoms with Gasteiger partial charge in [-0.05, 0) is 13.2 Å². The van der Waals surface area contributed by atoms with E-state index in [0.717, 1.165) is 29.4 Å². The van der Waals surface area contributed by atoms with Gasteiger partial charge in [0, 0.05) is 17.2 Å². The molecule has 0 saturated carbocycles. The number of hydrogen-bond donors (Lipinski definition) is 2. The van der Waals surface area contributed by atoms with Gasteiger partial charge in [0.1, 0.15) is 0 Å². The Hall–Kier alpha value is -0.0400. The largest absolute Gasteiger partial charge is 0.379 e. The van der Waals surface area contributed by atoms with E-state index >= 15 is 0 Å². The molecule has 0 aliphatic rings. The second kappa shape index (κ2) is 11.1. The molecule has 0 atom stereocenters. The van der Waals surface area contributed by atoms with Gasteiger partial charge in [-0.25, -0.2) is 4.98 Å². The van der Waals surface area contributed by atoms with Gasteiger partial charge in [-0.15, -0.1) is 24.8 Å². The molecule has 0 radical (unpaired) electrons. The summed E-state index contributed by atoms with van der Waals surface area (Å²) in [5.41, 5.74) is 7.83. The fraction of sp³-hybridized carbons (Fsp3) is 0.556. The van der Waals surface area contributed by atoms with E-state index in [0.29, 0.717) is 5.17 Å². The standard InChI is InChI=1S/C9H16N4S2.2ClH/c1-7-8(13-6-12-7)5-15-4-3-11-9(10)14-2;;/h6H,3-5H2,1-2H3,(H2,10,11)(H,12,13);2*1H. The summed E-state index contributed by atoms with van der Waals surface area (Å²) in [5.74, 6) is 1.91. The van der Waals surface area contributed by atoms with Crippen molar-refractivity contribution in [3.05, 3.63) is 17.7 Å². The van der Waals surface area contributed by atoms with Crippen molar-refractivity contribution in [2.45, 2.75) is 12.7 Å². The molecule has 0 unspecified atom stereocenters. The van der Waals surface area contributed by atoms with Crippen molar-refractivity contribution in [2.24, 2.45) is 10.7 Å². The number of rotatable bonds is 5. The Bertz CT molecular complexity index is 331. The van der Waals surface area contributed by atoms with Crippen LogP contribution in [0.15, 0.2) is 11.3 Å². The van der Waals surface area contributed by atoms with Crippen LogP contribution in [0.2, 0.25) is 0 Å². The highest BCUT2D eigenvalue weighted by atomic mass is 35.5. The lowest BCUT2D eigenvalue weighted by atomic mass is 10.4. The van der Waals surface area contributed by atoms with Crippen LogP contribution in [0.1, 0.15) is 11.4 Å². The van der Waals surface area contributed by atoms with Crippen LogP contribution in [0.25, 0.3) is 0 Å². The summed E-state index contributed by atoms with van der Waals surface area (Å²) in [4.78, 5) is 11.5. The fourth-order valence-corrected chi connectivity index (χ4v) is 2.06. The molecule has 0 bridgehead atoms. The van der Waals surface area contributed by atoms with E-state index in [1.165, 1.54) is 11.8 Å². The summed E-state index contributed by atoms with van der Waals surface area (Å²) in [6.45, 7) is 2.81. The quantitative estimate of drug-likeness (QED) is 0.497. The number of nitrogens with zero attached hydrogens (tertiary/aromatic N) is 2. The number of nitrogens with one attached hydrogen (secondary N) is 1. The Morgan fingerprint density at radius 3 is 2.76 bits per heavy atom. The van der Waals surface area contributed by atoms with Crippen molar-refractivity contribution in [1.29, 1.82) is 0 Å². The van der Waals surface area contributed by atoms with Gasteiger partial charge >= 0.3 is 0 Å². The van der Waals surface area contributed by atoms with Crippen molar-refractivity contribution in [3.63, 3.8) is 0 Å². The Kier molecular flexibility index (Phi) is 12.6. The summed E-state index contributed by atoms with van der Waals surface area (Å²) in [6.07, 6.45) is 3.66. The maximum Gasteiger partial charge on any atom is 0.153 e. The lowest BCUT2D eigenvalue weighted by Gasteiger charge is -1.98. The SMILES string of the molecule is CSC(N)=NCCSCc1nc[nH]c1C.Cl.Cl. The van der Waals surface area contributed by atoms with Crippen LogP contribution in [-0.2, 0) is 5.75 Å². The predicted octanol–water partition coefficient (Wildman–Crippen LogP) is 2.47. The van der Waals surface area contributed by atoms with E-state index in [4.69, 9.17) is 5.73 Å². The number of H-pyrrole nitrogens is 1. The Morgan fingerprint density at radius 1 is 1.53 bits per heavy atom. The monoisotopic (exact) mass is 316 g/mol. The van der Waals surface area contributed by atoms with Gasteiger partial charge in [-0.2, -0.15) is 11.8 Å². The Morgan fingerprint density at radius 2 is 2.24 bits per heavy atom. The average Bonchev–Trinajstić information content (AvgIpc) is 2.63. The molecule has 0 saturated heterocycles. The summed E-state index contributed by atoms with van der Waals surface area (Å²) < 4.78 is 0. The second-order valence-corrected chi connectivity index (χ2v) is 4.88. The fourth-order valence-electron chi connectivity index (χ4n) is 0.986. The highest BCUT2D eigenvalue weighted by molar-refractivity contribution is 8.13. The van der Waals surface area contributed by atoms with Gasteiger partial charge in [-0.3, -0.25) is 4.99 Å². The number of imidazole rings is 1. The minimum atomic E-state index is 0. The third-order valence-corrected chi connectivity index (χ3v) is 3.38. The predicted molar refractivity (Wildman–Crippen MR) is 84.0 cm³/mol. The summed E-state index contributed by atoms with van der Waals surface area (Å²) >= 11 is 3.31. The third-order valence-electron chi connectivity index (χ3n) is 1.89. The highest BCUT2D eigenvalue weighted by Gasteiger charge is 1.99. The van der Waals surface area contributed by atoms with E-state index < -0.39 is 0 Å². The van der Waals surface area contributed by atoms with Gasteiger partial charge in [0.25, 0.3) is 0 Å². The minimum absolute atomic E-state index is 0. The van der Waals surface area contributed by atoms with Gasteiger partial charge in [0.05, 0.1) is 18.6 Å². The number of aromatic nitrogens is 2. The number of aromatic amines is 1. The molecule has 4 nitrogen and oxygen atoms in total. The number of nitrogens with two attached hydrogens (primary N) is 1. The van der Waals surface area contributed by atoms with Crippen molar-refractivity contribution in [1.82, 2.24) is 9.97 Å². The topological polar surface area (TPSA) is 67.1 Å². The number of aliphatic imine (C=N–C) groups is 1. The number of aryl methyl sites for hydroxylation is 1. The first-order valence-corrected chi connectivity index (χ1v) is 7.02. The van der Waals surface area contributed by atoms with Crippen LogP contribution in [0.5, 0.6) is 0 Å². The van der Waals surface area contributed by atoms with E-state index in [1.54, 1.807) is 6.33 Å². The van der Waals surface area contributed by atoms with E-state index in [-0.39, 0.29) is 24.8 Å². The molecule has 0 fully saturated rings. The van der Waals surface area contributed by atoms with Gasteiger partial charge < -0.3 is 10.7 Å².